The number of rotatable bonds is 6. The van der Waals surface area contributed by atoms with Gasteiger partial charge in [0.1, 0.15) is 18.8 Å². The summed E-state index contributed by atoms with van der Waals surface area (Å²) in [6.45, 7) is 2.78. The summed E-state index contributed by atoms with van der Waals surface area (Å²) in [6.07, 6.45) is 1.76. The van der Waals surface area contributed by atoms with Gasteiger partial charge < -0.3 is 19.2 Å². The number of sulfonamides is 1. The van der Waals surface area contributed by atoms with Crippen LogP contribution in [0.1, 0.15) is 11.1 Å². The van der Waals surface area contributed by atoms with Crippen molar-refractivity contribution in [1.82, 2.24) is 0 Å². The molecule has 174 valence electrons. The van der Waals surface area contributed by atoms with E-state index in [2.05, 4.69) is 10.0 Å². The molecule has 1 aromatic heterocycles. The fourth-order valence-corrected chi connectivity index (χ4v) is 4.81. The van der Waals surface area contributed by atoms with Gasteiger partial charge in [-0.2, -0.15) is 0 Å². The maximum atomic E-state index is 12.8. The summed E-state index contributed by atoms with van der Waals surface area (Å²) < 4.78 is 44.5. The molecule has 0 radical (unpaired) electrons. The Kier molecular flexibility index (Phi) is 5.62. The monoisotopic (exact) mass is 478 g/mol. The van der Waals surface area contributed by atoms with Crippen LogP contribution in [-0.4, -0.2) is 27.5 Å². The molecule has 2 heterocycles. The lowest BCUT2D eigenvalue weighted by Crippen LogP contribution is -2.17. The van der Waals surface area contributed by atoms with Crippen LogP contribution in [0.4, 0.5) is 11.4 Å². The maximum absolute atomic E-state index is 12.8. The van der Waals surface area contributed by atoms with Gasteiger partial charge in [0.05, 0.1) is 17.6 Å². The molecule has 4 aromatic rings. The van der Waals surface area contributed by atoms with Gasteiger partial charge in [-0.3, -0.25) is 9.52 Å². The topological polar surface area (TPSA) is 107 Å². The molecule has 0 bridgehead atoms. The van der Waals surface area contributed by atoms with E-state index in [1.807, 2.05) is 25.1 Å². The number of fused-ring (bicyclic) bond motifs is 2. The molecule has 1 amide bonds. The summed E-state index contributed by atoms with van der Waals surface area (Å²) in [5.41, 5.74) is 3.55. The minimum absolute atomic E-state index is 0.0664. The fraction of sp³-hybridized carbons (Fsp3) is 0.160. The minimum atomic E-state index is -3.82. The van der Waals surface area contributed by atoms with Crippen molar-refractivity contribution in [3.63, 3.8) is 0 Å². The number of nitrogens with one attached hydrogen (secondary N) is 2. The third kappa shape index (κ3) is 4.55. The van der Waals surface area contributed by atoms with Crippen molar-refractivity contribution in [1.29, 1.82) is 0 Å². The van der Waals surface area contributed by atoms with Gasteiger partial charge in [-0.1, -0.05) is 12.1 Å². The number of amides is 1. The van der Waals surface area contributed by atoms with Crippen molar-refractivity contribution >= 4 is 38.3 Å². The molecule has 2 N–H and O–H groups in total. The third-order valence-electron chi connectivity index (χ3n) is 5.41. The van der Waals surface area contributed by atoms with E-state index in [-0.39, 0.29) is 17.2 Å². The van der Waals surface area contributed by atoms with E-state index in [4.69, 9.17) is 13.9 Å². The molecule has 8 nitrogen and oxygen atoms in total. The number of hydrogen-bond acceptors (Lipinski definition) is 6. The lowest BCUT2D eigenvalue weighted by Gasteiger charge is -2.19. The Labute approximate surface area is 196 Å². The molecule has 34 heavy (non-hydrogen) atoms. The Morgan fingerprint density at radius 1 is 0.912 bits per heavy atom. The van der Waals surface area contributed by atoms with Gasteiger partial charge in [0.2, 0.25) is 5.91 Å². The molecule has 0 fully saturated rings. The number of carbonyl (C=O) groups is 1. The first-order valence-electron chi connectivity index (χ1n) is 10.7. The fourth-order valence-electron chi connectivity index (χ4n) is 3.73. The Morgan fingerprint density at radius 3 is 2.44 bits per heavy atom. The van der Waals surface area contributed by atoms with Gasteiger partial charge in [0.15, 0.2) is 11.5 Å². The van der Waals surface area contributed by atoms with Crippen LogP contribution in [0.15, 0.2) is 76.2 Å². The molecule has 0 saturated heterocycles. The van der Waals surface area contributed by atoms with Gasteiger partial charge in [0, 0.05) is 28.4 Å². The zero-order chi connectivity index (χ0) is 23.7. The first-order valence-corrected chi connectivity index (χ1v) is 12.1. The van der Waals surface area contributed by atoms with Crippen LogP contribution in [-0.2, 0) is 21.2 Å². The first kappa shape index (κ1) is 21.8. The average Bonchev–Trinajstić information content (AvgIpc) is 3.21. The summed E-state index contributed by atoms with van der Waals surface area (Å²) in [7, 11) is -3.82. The normalized spacial score (nSPS) is 13.0. The van der Waals surface area contributed by atoms with E-state index >= 15 is 0 Å². The highest BCUT2D eigenvalue weighted by atomic mass is 32.2. The van der Waals surface area contributed by atoms with E-state index < -0.39 is 10.0 Å². The second-order valence-corrected chi connectivity index (χ2v) is 9.66. The minimum Gasteiger partial charge on any atom is -0.486 e. The molecule has 9 heteroatoms. The van der Waals surface area contributed by atoms with Crippen LogP contribution in [0.5, 0.6) is 11.5 Å². The summed E-state index contributed by atoms with van der Waals surface area (Å²) in [6, 6.07) is 16.8. The Bertz CT molecular complexity index is 1480. The predicted molar refractivity (Wildman–Crippen MR) is 128 cm³/mol. The van der Waals surface area contributed by atoms with Gasteiger partial charge in [-0.15, -0.1) is 0 Å². The molecular weight excluding hydrogens is 456 g/mol. The van der Waals surface area contributed by atoms with Crippen LogP contribution >= 0.6 is 0 Å². The lowest BCUT2D eigenvalue weighted by atomic mass is 10.1. The molecular formula is C25H22N2O6S. The first-order chi connectivity index (χ1) is 16.4. The van der Waals surface area contributed by atoms with Gasteiger partial charge in [-0.25, -0.2) is 8.42 Å². The summed E-state index contributed by atoms with van der Waals surface area (Å²) >= 11 is 0. The molecule has 0 aliphatic carbocycles. The van der Waals surface area contributed by atoms with E-state index in [9.17, 15) is 13.2 Å². The van der Waals surface area contributed by atoms with Crippen LogP contribution in [0.3, 0.4) is 0 Å². The van der Waals surface area contributed by atoms with Gasteiger partial charge in [0.25, 0.3) is 10.0 Å². The van der Waals surface area contributed by atoms with Crippen molar-refractivity contribution in [3.8, 4) is 11.5 Å². The smallest absolute Gasteiger partial charge is 0.262 e. The number of anilines is 2. The molecule has 0 unspecified atom stereocenters. The molecule has 0 saturated carbocycles. The highest BCUT2D eigenvalue weighted by molar-refractivity contribution is 7.92. The molecule has 3 aromatic carbocycles. The quantitative estimate of drug-likeness (QED) is 0.423. The maximum Gasteiger partial charge on any atom is 0.262 e. The van der Waals surface area contributed by atoms with E-state index in [0.29, 0.717) is 36.1 Å². The summed E-state index contributed by atoms with van der Waals surface area (Å²) in [5.74, 6) is 0.712. The number of ether oxygens (including phenoxy) is 2. The SMILES string of the molecule is Cc1ccc2c(CC(=O)Nc3ccc(NS(=O)(=O)c4ccc5c(c4)OCCO5)cc3)coc2c1. The number of furan rings is 1. The van der Waals surface area contributed by atoms with Crippen LogP contribution < -0.4 is 19.5 Å². The molecule has 0 atom stereocenters. The average molecular weight is 479 g/mol. The van der Waals surface area contributed by atoms with E-state index in [0.717, 1.165) is 22.1 Å². The Morgan fingerprint density at radius 2 is 1.65 bits per heavy atom. The van der Waals surface area contributed by atoms with Crippen LogP contribution in [0.2, 0.25) is 0 Å². The van der Waals surface area contributed by atoms with Gasteiger partial charge in [-0.05, 0) is 55.0 Å². The highest BCUT2D eigenvalue weighted by Crippen LogP contribution is 2.33. The molecule has 5 rings (SSSR count). The molecule has 1 aliphatic rings. The summed E-state index contributed by atoms with van der Waals surface area (Å²) in [4.78, 5) is 12.6. The van der Waals surface area contributed by atoms with Crippen molar-refractivity contribution in [2.45, 2.75) is 18.2 Å². The highest BCUT2D eigenvalue weighted by Gasteiger charge is 2.19. The number of aryl methyl sites for hydroxylation is 1. The van der Waals surface area contributed by atoms with E-state index in [1.54, 1.807) is 36.6 Å². The predicted octanol–water partition coefficient (Wildman–Crippen LogP) is 4.49. The number of benzene rings is 3. The lowest BCUT2D eigenvalue weighted by molar-refractivity contribution is -0.115. The third-order valence-corrected chi connectivity index (χ3v) is 6.79. The second kappa shape index (κ2) is 8.75. The Hall–Kier alpha value is -3.98. The largest absolute Gasteiger partial charge is 0.486 e. The van der Waals surface area contributed by atoms with Crippen molar-refractivity contribution in [3.05, 3.63) is 78.1 Å². The van der Waals surface area contributed by atoms with Crippen molar-refractivity contribution < 1.29 is 27.1 Å². The van der Waals surface area contributed by atoms with E-state index in [1.165, 1.54) is 12.1 Å². The van der Waals surface area contributed by atoms with Crippen molar-refractivity contribution in [2.24, 2.45) is 0 Å². The zero-order valence-electron chi connectivity index (χ0n) is 18.3. The zero-order valence-corrected chi connectivity index (χ0v) is 19.1. The van der Waals surface area contributed by atoms with Crippen LogP contribution in [0, 0.1) is 6.92 Å². The number of hydrogen-bond donors (Lipinski definition) is 2. The number of carbonyl (C=O) groups excluding carboxylic acids is 1. The Balaban J connectivity index is 1.24. The summed E-state index contributed by atoms with van der Waals surface area (Å²) in [5, 5.41) is 3.73. The van der Waals surface area contributed by atoms with Crippen molar-refractivity contribution in [2.75, 3.05) is 23.3 Å². The second-order valence-electron chi connectivity index (χ2n) is 7.97. The standard InChI is InChI=1S/C25H22N2O6S/c1-16-2-8-21-17(15-33-23(21)12-16)13-25(28)26-18-3-5-19(6-4-18)27-34(29,30)20-7-9-22-24(14-20)32-11-10-31-22/h2-9,12,14-15,27H,10-11,13H2,1H3,(H,26,28). The molecule has 0 spiro atoms. The van der Waals surface area contributed by atoms with Gasteiger partial charge >= 0.3 is 0 Å². The van der Waals surface area contributed by atoms with Crippen LogP contribution in [0.25, 0.3) is 11.0 Å². The molecule has 1 aliphatic heterocycles.